The molecule has 2 atom stereocenters. The molecule has 15 heavy (non-hydrogen) atoms. The highest BCUT2D eigenvalue weighted by molar-refractivity contribution is 4.80. The minimum absolute atomic E-state index is 0.358. The highest BCUT2D eigenvalue weighted by atomic mass is 15.2. The molecule has 1 aromatic rings. The van der Waals surface area contributed by atoms with E-state index in [-0.39, 0.29) is 0 Å². The molecule has 0 spiro atoms. The van der Waals surface area contributed by atoms with Crippen molar-refractivity contribution in [3.8, 4) is 0 Å². The first-order chi connectivity index (χ1) is 7.24. The smallest absolute Gasteiger partial charge is 0.0946 e. The van der Waals surface area contributed by atoms with Crippen LogP contribution in [0.4, 0.5) is 0 Å². The van der Waals surface area contributed by atoms with Crippen molar-refractivity contribution < 1.29 is 0 Å². The maximum Gasteiger partial charge on any atom is 0.0946 e. The molecular formula is C11H20N4. The van der Waals surface area contributed by atoms with Gasteiger partial charge in [-0.3, -0.25) is 4.90 Å². The molecule has 0 amide bonds. The molecule has 2 rings (SSSR count). The average Bonchev–Trinajstić information content (AvgIpc) is 2.65. The third-order valence-electron chi connectivity index (χ3n) is 3.00. The first kappa shape index (κ1) is 10.6. The van der Waals surface area contributed by atoms with Crippen LogP contribution in [0.5, 0.6) is 0 Å². The third-order valence-corrected chi connectivity index (χ3v) is 3.00. The summed E-state index contributed by atoms with van der Waals surface area (Å²) in [6.07, 6.45) is 6.87. The molecule has 4 heteroatoms. The quantitative estimate of drug-likeness (QED) is 0.789. The number of aromatic nitrogens is 2. The first-order valence-corrected chi connectivity index (χ1v) is 5.67. The van der Waals surface area contributed by atoms with E-state index in [9.17, 15) is 0 Å². The summed E-state index contributed by atoms with van der Waals surface area (Å²) in [5, 5.41) is 0. The van der Waals surface area contributed by atoms with Crippen molar-refractivity contribution in [2.75, 3.05) is 19.6 Å². The normalized spacial score (nSPS) is 28.1. The summed E-state index contributed by atoms with van der Waals surface area (Å²) in [6.45, 7) is 6.60. The zero-order chi connectivity index (χ0) is 10.7. The van der Waals surface area contributed by atoms with Gasteiger partial charge in [0.05, 0.1) is 6.33 Å². The summed E-state index contributed by atoms with van der Waals surface area (Å²) in [7, 11) is 0. The second-order valence-corrected chi connectivity index (χ2v) is 4.66. The van der Waals surface area contributed by atoms with Crippen LogP contribution >= 0.6 is 0 Å². The minimum Gasteiger partial charge on any atom is -0.336 e. The van der Waals surface area contributed by atoms with Crippen LogP contribution in [0.3, 0.4) is 0 Å². The minimum atomic E-state index is 0.358. The standard InChI is InChI=1S/C11H20N4/c1-10-6-11(12)8-15(7-10)5-4-14-3-2-13-9-14/h2-3,9-11H,4-8,12H2,1H3. The Kier molecular flexibility index (Phi) is 3.38. The van der Waals surface area contributed by atoms with Gasteiger partial charge in [-0.05, 0) is 12.3 Å². The predicted molar refractivity (Wildman–Crippen MR) is 60.4 cm³/mol. The zero-order valence-corrected chi connectivity index (χ0v) is 9.34. The number of imidazole rings is 1. The van der Waals surface area contributed by atoms with E-state index < -0.39 is 0 Å². The Morgan fingerprint density at radius 1 is 1.40 bits per heavy atom. The molecule has 1 fully saturated rings. The Hall–Kier alpha value is -0.870. The molecule has 1 aromatic heterocycles. The fourth-order valence-corrected chi connectivity index (χ4v) is 2.37. The fourth-order valence-electron chi connectivity index (χ4n) is 2.37. The third kappa shape index (κ3) is 3.04. The van der Waals surface area contributed by atoms with Crippen LogP contribution in [0, 0.1) is 5.92 Å². The largest absolute Gasteiger partial charge is 0.336 e. The highest BCUT2D eigenvalue weighted by Crippen LogP contribution is 2.14. The van der Waals surface area contributed by atoms with E-state index in [4.69, 9.17) is 5.73 Å². The van der Waals surface area contributed by atoms with Gasteiger partial charge in [0, 0.05) is 44.6 Å². The molecule has 4 nitrogen and oxygen atoms in total. The van der Waals surface area contributed by atoms with Crippen molar-refractivity contribution in [3.63, 3.8) is 0 Å². The van der Waals surface area contributed by atoms with Crippen molar-refractivity contribution in [3.05, 3.63) is 18.7 Å². The highest BCUT2D eigenvalue weighted by Gasteiger charge is 2.21. The first-order valence-electron chi connectivity index (χ1n) is 5.67. The van der Waals surface area contributed by atoms with Crippen LogP contribution in [0.2, 0.25) is 0 Å². The summed E-state index contributed by atoms with van der Waals surface area (Å²) in [5.74, 6) is 0.733. The monoisotopic (exact) mass is 208 g/mol. The Balaban J connectivity index is 1.79. The Morgan fingerprint density at radius 3 is 2.93 bits per heavy atom. The van der Waals surface area contributed by atoms with Gasteiger partial charge in [0.2, 0.25) is 0 Å². The molecular weight excluding hydrogens is 188 g/mol. The Labute approximate surface area is 91.1 Å². The van der Waals surface area contributed by atoms with Crippen molar-refractivity contribution in [2.45, 2.75) is 25.9 Å². The summed E-state index contributed by atoms with van der Waals surface area (Å²) >= 11 is 0. The maximum absolute atomic E-state index is 6.00. The van der Waals surface area contributed by atoms with Gasteiger partial charge in [0.1, 0.15) is 0 Å². The van der Waals surface area contributed by atoms with Crippen LogP contribution in [-0.4, -0.2) is 40.1 Å². The lowest BCUT2D eigenvalue weighted by atomic mass is 9.97. The van der Waals surface area contributed by atoms with E-state index in [1.165, 1.54) is 13.0 Å². The lowest BCUT2D eigenvalue weighted by Crippen LogP contribution is -2.47. The van der Waals surface area contributed by atoms with Crippen molar-refractivity contribution >= 4 is 0 Å². The van der Waals surface area contributed by atoms with Crippen LogP contribution in [0.25, 0.3) is 0 Å². The van der Waals surface area contributed by atoms with E-state index >= 15 is 0 Å². The summed E-state index contributed by atoms with van der Waals surface area (Å²) in [6, 6.07) is 0.358. The van der Waals surface area contributed by atoms with E-state index in [0.29, 0.717) is 6.04 Å². The van der Waals surface area contributed by atoms with Crippen LogP contribution in [0.1, 0.15) is 13.3 Å². The SMILES string of the molecule is CC1CC(N)CN(CCn2ccnc2)C1. The van der Waals surface area contributed by atoms with Crippen molar-refractivity contribution in [2.24, 2.45) is 11.7 Å². The van der Waals surface area contributed by atoms with Gasteiger partial charge in [0.15, 0.2) is 0 Å². The van der Waals surface area contributed by atoms with E-state index in [1.807, 2.05) is 18.7 Å². The topological polar surface area (TPSA) is 47.1 Å². The molecule has 84 valence electrons. The number of nitrogens with two attached hydrogens (primary N) is 1. The van der Waals surface area contributed by atoms with Crippen molar-refractivity contribution in [1.82, 2.24) is 14.5 Å². The van der Waals surface area contributed by atoms with Gasteiger partial charge < -0.3 is 10.3 Å². The molecule has 1 aliphatic heterocycles. The number of likely N-dealkylation sites (tertiary alicyclic amines) is 1. The molecule has 0 radical (unpaired) electrons. The number of hydrogen-bond acceptors (Lipinski definition) is 3. The summed E-state index contributed by atoms with van der Waals surface area (Å²) in [4.78, 5) is 6.49. The van der Waals surface area contributed by atoms with Crippen molar-refractivity contribution in [1.29, 1.82) is 0 Å². The molecule has 2 unspecified atom stereocenters. The van der Waals surface area contributed by atoms with Gasteiger partial charge in [-0.25, -0.2) is 4.98 Å². The molecule has 0 saturated carbocycles. The molecule has 2 heterocycles. The zero-order valence-electron chi connectivity index (χ0n) is 9.34. The number of hydrogen-bond donors (Lipinski definition) is 1. The van der Waals surface area contributed by atoms with Crippen LogP contribution < -0.4 is 5.73 Å². The Morgan fingerprint density at radius 2 is 2.27 bits per heavy atom. The Bertz CT molecular complexity index is 273. The lowest BCUT2D eigenvalue weighted by molar-refractivity contribution is 0.160. The van der Waals surface area contributed by atoms with Gasteiger partial charge in [0.25, 0.3) is 0 Å². The molecule has 2 N–H and O–H groups in total. The number of rotatable bonds is 3. The molecule has 1 aliphatic rings. The van der Waals surface area contributed by atoms with Gasteiger partial charge >= 0.3 is 0 Å². The van der Waals surface area contributed by atoms with Gasteiger partial charge in [-0.1, -0.05) is 6.92 Å². The lowest BCUT2D eigenvalue weighted by Gasteiger charge is -2.34. The fraction of sp³-hybridized carbons (Fsp3) is 0.727. The summed E-state index contributed by atoms with van der Waals surface area (Å²) in [5.41, 5.74) is 6.00. The van der Waals surface area contributed by atoms with Crippen LogP contribution in [0.15, 0.2) is 18.7 Å². The van der Waals surface area contributed by atoms with Gasteiger partial charge in [-0.2, -0.15) is 0 Å². The second-order valence-electron chi connectivity index (χ2n) is 4.66. The second kappa shape index (κ2) is 4.77. The average molecular weight is 208 g/mol. The molecule has 1 saturated heterocycles. The molecule has 0 aromatic carbocycles. The van der Waals surface area contributed by atoms with E-state index in [2.05, 4.69) is 21.4 Å². The van der Waals surface area contributed by atoms with E-state index in [1.54, 1.807) is 0 Å². The predicted octanol–water partition coefficient (Wildman–Crippen LogP) is 0.552. The number of piperidine rings is 1. The van der Waals surface area contributed by atoms with E-state index in [0.717, 1.165) is 25.6 Å². The molecule has 0 aliphatic carbocycles. The maximum atomic E-state index is 6.00. The number of nitrogens with zero attached hydrogens (tertiary/aromatic N) is 3. The van der Waals surface area contributed by atoms with Crippen LogP contribution in [-0.2, 0) is 6.54 Å². The van der Waals surface area contributed by atoms with Gasteiger partial charge in [-0.15, -0.1) is 0 Å². The molecule has 0 bridgehead atoms. The summed E-state index contributed by atoms with van der Waals surface area (Å²) < 4.78 is 2.12.